The lowest BCUT2D eigenvalue weighted by Gasteiger charge is -2.11. The Kier molecular flexibility index (Phi) is 6.24. The first-order valence-electron chi connectivity index (χ1n) is 7.30. The highest BCUT2D eigenvalue weighted by Crippen LogP contribution is 2.20. The number of rotatable bonds is 6. The van der Waals surface area contributed by atoms with Crippen LogP contribution in [0.5, 0.6) is 5.75 Å². The number of hydrogen-bond donors (Lipinski definition) is 1. The SMILES string of the molecule is Cc1cccc(OCCCC(=O)Nc2ccc(I)cc2)c1C. The van der Waals surface area contributed by atoms with Crippen molar-refractivity contribution in [1.82, 2.24) is 0 Å². The first kappa shape index (κ1) is 16.8. The highest BCUT2D eigenvalue weighted by molar-refractivity contribution is 14.1. The molecule has 22 heavy (non-hydrogen) atoms. The van der Waals surface area contributed by atoms with Gasteiger partial charge >= 0.3 is 0 Å². The lowest BCUT2D eigenvalue weighted by molar-refractivity contribution is -0.116. The number of amides is 1. The zero-order chi connectivity index (χ0) is 15.9. The number of ether oxygens (including phenoxy) is 1. The number of carbonyl (C=O) groups excluding carboxylic acids is 1. The van der Waals surface area contributed by atoms with Crippen LogP contribution in [-0.4, -0.2) is 12.5 Å². The van der Waals surface area contributed by atoms with E-state index < -0.39 is 0 Å². The second-order valence-corrected chi connectivity index (χ2v) is 6.45. The van der Waals surface area contributed by atoms with Gasteiger partial charge in [-0.15, -0.1) is 0 Å². The smallest absolute Gasteiger partial charge is 0.224 e. The molecule has 1 amide bonds. The molecule has 1 N–H and O–H groups in total. The van der Waals surface area contributed by atoms with Crippen LogP contribution < -0.4 is 10.1 Å². The first-order chi connectivity index (χ1) is 10.6. The van der Waals surface area contributed by atoms with Crippen molar-refractivity contribution in [2.24, 2.45) is 0 Å². The summed E-state index contributed by atoms with van der Waals surface area (Å²) < 4.78 is 6.90. The molecule has 116 valence electrons. The second-order valence-electron chi connectivity index (χ2n) is 5.21. The molecule has 2 rings (SSSR count). The minimum Gasteiger partial charge on any atom is -0.493 e. The van der Waals surface area contributed by atoms with Crippen molar-refractivity contribution in [1.29, 1.82) is 0 Å². The number of hydrogen-bond acceptors (Lipinski definition) is 2. The standard InChI is InChI=1S/C18H20INO2/c1-13-5-3-6-17(14(13)2)22-12-4-7-18(21)20-16-10-8-15(19)9-11-16/h3,5-6,8-11H,4,7,12H2,1-2H3,(H,20,21). The molecule has 0 aromatic heterocycles. The fourth-order valence-corrected chi connectivity index (χ4v) is 2.41. The van der Waals surface area contributed by atoms with Gasteiger partial charge in [-0.25, -0.2) is 0 Å². The zero-order valence-corrected chi connectivity index (χ0v) is 15.0. The summed E-state index contributed by atoms with van der Waals surface area (Å²) in [4.78, 5) is 11.9. The molecular formula is C18H20INO2. The summed E-state index contributed by atoms with van der Waals surface area (Å²) in [5.41, 5.74) is 3.21. The molecule has 0 aliphatic carbocycles. The van der Waals surface area contributed by atoms with Crippen molar-refractivity contribution >= 4 is 34.2 Å². The molecule has 4 heteroatoms. The molecule has 3 nitrogen and oxygen atoms in total. The molecule has 0 aliphatic heterocycles. The van der Waals surface area contributed by atoms with Crippen LogP contribution >= 0.6 is 22.6 Å². The van der Waals surface area contributed by atoms with Gasteiger partial charge < -0.3 is 10.1 Å². The van der Waals surface area contributed by atoms with Crippen LogP contribution in [0.4, 0.5) is 5.69 Å². The lowest BCUT2D eigenvalue weighted by Crippen LogP contribution is -2.12. The molecule has 0 heterocycles. The van der Waals surface area contributed by atoms with Crippen molar-refractivity contribution in [3.63, 3.8) is 0 Å². The van der Waals surface area contributed by atoms with Gasteiger partial charge in [0, 0.05) is 15.7 Å². The number of aryl methyl sites for hydroxylation is 1. The van der Waals surface area contributed by atoms with Gasteiger partial charge in [0.1, 0.15) is 5.75 Å². The summed E-state index contributed by atoms with van der Waals surface area (Å²) in [6.07, 6.45) is 1.15. The summed E-state index contributed by atoms with van der Waals surface area (Å²) >= 11 is 2.24. The summed E-state index contributed by atoms with van der Waals surface area (Å²) in [6, 6.07) is 13.8. The van der Waals surface area contributed by atoms with Gasteiger partial charge in [-0.1, -0.05) is 12.1 Å². The summed E-state index contributed by atoms with van der Waals surface area (Å²) in [5.74, 6) is 0.920. The molecule has 0 unspecified atom stereocenters. The first-order valence-corrected chi connectivity index (χ1v) is 8.38. The normalized spacial score (nSPS) is 10.3. The van der Waals surface area contributed by atoms with Crippen molar-refractivity contribution in [3.8, 4) is 5.75 Å². The van der Waals surface area contributed by atoms with E-state index in [1.165, 1.54) is 5.56 Å². The van der Waals surface area contributed by atoms with E-state index in [2.05, 4.69) is 40.9 Å². The fourth-order valence-electron chi connectivity index (χ4n) is 2.05. The van der Waals surface area contributed by atoms with Gasteiger partial charge in [-0.05, 0) is 84.3 Å². The number of nitrogens with one attached hydrogen (secondary N) is 1. The minimum atomic E-state index is 0.0192. The second kappa shape index (κ2) is 8.17. The maximum absolute atomic E-state index is 11.9. The zero-order valence-electron chi connectivity index (χ0n) is 12.9. The monoisotopic (exact) mass is 409 g/mol. The van der Waals surface area contributed by atoms with Crippen molar-refractivity contribution < 1.29 is 9.53 Å². The van der Waals surface area contributed by atoms with E-state index in [1.54, 1.807) is 0 Å². The molecule has 0 radical (unpaired) electrons. The van der Waals surface area contributed by atoms with E-state index in [-0.39, 0.29) is 5.91 Å². The summed E-state index contributed by atoms with van der Waals surface area (Å²) in [6.45, 7) is 4.66. The van der Waals surface area contributed by atoms with E-state index in [4.69, 9.17) is 4.74 Å². The predicted octanol–water partition coefficient (Wildman–Crippen LogP) is 4.71. The van der Waals surface area contributed by atoms with Crippen LogP contribution in [0.2, 0.25) is 0 Å². The number of carbonyl (C=O) groups is 1. The Morgan fingerprint density at radius 2 is 1.86 bits per heavy atom. The Morgan fingerprint density at radius 1 is 1.14 bits per heavy atom. The van der Waals surface area contributed by atoms with Crippen LogP contribution in [0, 0.1) is 17.4 Å². The molecule has 0 spiro atoms. The fraction of sp³-hybridized carbons (Fsp3) is 0.278. The topological polar surface area (TPSA) is 38.3 Å². The van der Waals surface area contributed by atoms with Gasteiger partial charge in [-0.2, -0.15) is 0 Å². The van der Waals surface area contributed by atoms with E-state index in [9.17, 15) is 4.79 Å². The Hall–Kier alpha value is -1.56. The van der Waals surface area contributed by atoms with Gasteiger partial charge in [-0.3, -0.25) is 4.79 Å². The van der Waals surface area contributed by atoms with E-state index in [0.29, 0.717) is 19.4 Å². The molecule has 0 atom stereocenters. The van der Waals surface area contributed by atoms with Crippen LogP contribution in [0.1, 0.15) is 24.0 Å². The maximum atomic E-state index is 11.9. The van der Waals surface area contributed by atoms with Gasteiger partial charge in [0.15, 0.2) is 0 Å². The summed E-state index contributed by atoms with van der Waals surface area (Å²) in [7, 11) is 0. The van der Waals surface area contributed by atoms with Gasteiger partial charge in [0.2, 0.25) is 5.91 Å². The molecule has 0 fully saturated rings. The average Bonchev–Trinajstić information content (AvgIpc) is 2.50. The minimum absolute atomic E-state index is 0.0192. The number of anilines is 1. The molecule has 2 aromatic rings. The highest BCUT2D eigenvalue weighted by atomic mass is 127. The highest BCUT2D eigenvalue weighted by Gasteiger charge is 2.04. The quantitative estimate of drug-likeness (QED) is 0.555. The third-order valence-electron chi connectivity index (χ3n) is 3.49. The van der Waals surface area contributed by atoms with Crippen LogP contribution in [0.3, 0.4) is 0 Å². The Balaban J connectivity index is 1.73. The van der Waals surface area contributed by atoms with E-state index >= 15 is 0 Å². The molecule has 0 bridgehead atoms. The Morgan fingerprint density at radius 3 is 2.59 bits per heavy atom. The summed E-state index contributed by atoms with van der Waals surface area (Å²) in [5, 5.41) is 2.89. The number of halogens is 1. The van der Waals surface area contributed by atoms with Crippen LogP contribution in [0.25, 0.3) is 0 Å². The third-order valence-corrected chi connectivity index (χ3v) is 4.21. The molecule has 2 aromatic carbocycles. The van der Waals surface area contributed by atoms with E-state index in [0.717, 1.165) is 20.6 Å². The molecular weight excluding hydrogens is 389 g/mol. The van der Waals surface area contributed by atoms with E-state index in [1.807, 2.05) is 43.3 Å². The molecule has 0 saturated carbocycles. The largest absolute Gasteiger partial charge is 0.493 e. The predicted molar refractivity (Wildman–Crippen MR) is 98.4 cm³/mol. The van der Waals surface area contributed by atoms with Crippen LogP contribution in [0.15, 0.2) is 42.5 Å². The number of benzene rings is 2. The van der Waals surface area contributed by atoms with Gasteiger partial charge in [0.05, 0.1) is 6.61 Å². The molecule has 0 saturated heterocycles. The maximum Gasteiger partial charge on any atom is 0.224 e. The Labute approximate surface area is 145 Å². The van der Waals surface area contributed by atoms with Crippen molar-refractivity contribution in [2.45, 2.75) is 26.7 Å². The average molecular weight is 409 g/mol. The van der Waals surface area contributed by atoms with Crippen molar-refractivity contribution in [2.75, 3.05) is 11.9 Å². The van der Waals surface area contributed by atoms with Gasteiger partial charge in [0.25, 0.3) is 0 Å². The molecule has 0 aliphatic rings. The third kappa shape index (κ3) is 5.02. The Bertz CT molecular complexity index is 638. The van der Waals surface area contributed by atoms with Crippen molar-refractivity contribution in [3.05, 3.63) is 57.2 Å². The van der Waals surface area contributed by atoms with Crippen LogP contribution in [-0.2, 0) is 4.79 Å². The lowest BCUT2D eigenvalue weighted by atomic mass is 10.1.